The molecular weight excluding hydrogens is 369 g/mol. The van der Waals surface area contributed by atoms with E-state index in [-0.39, 0.29) is 24.1 Å². The van der Waals surface area contributed by atoms with Gasteiger partial charge in [-0.1, -0.05) is 12.1 Å². The Hall–Kier alpha value is -1.96. The molecule has 146 valence electrons. The van der Waals surface area contributed by atoms with Crippen molar-refractivity contribution in [2.45, 2.75) is 19.3 Å². The minimum atomic E-state index is -0.324. The van der Waals surface area contributed by atoms with Crippen molar-refractivity contribution in [3.63, 3.8) is 0 Å². The van der Waals surface area contributed by atoms with E-state index in [0.717, 1.165) is 63.2 Å². The fourth-order valence-corrected chi connectivity index (χ4v) is 3.79. The van der Waals surface area contributed by atoms with Crippen molar-refractivity contribution >= 4 is 18.3 Å². The monoisotopic (exact) mass is 393 g/mol. The lowest BCUT2D eigenvalue weighted by molar-refractivity contribution is 0.0941. The van der Waals surface area contributed by atoms with Crippen molar-refractivity contribution in [2.24, 2.45) is 0 Å². The van der Waals surface area contributed by atoms with Crippen LogP contribution in [0.3, 0.4) is 0 Å². The Morgan fingerprint density at radius 2 is 2.00 bits per heavy atom. The third-order valence-corrected chi connectivity index (χ3v) is 5.15. The van der Waals surface area contributed by atoms with E-state index in [4.69, 9.17) is 0 Å². The summed E-state index contributed by atoms with van der Waals surface area (Å²) in [4.78, 5) is 15.0. The molecule has 4 rings (SSSR count). The molecule has 1 aliphatic heterocycles. The van der Waals surface area contributed by atoms with Gasteiger partial charge in [0.05, 0.1) is 0 Å². The van der Waals surface area contributed by atoms with E-state index >= 15 is 0 Å². The number of halogens is 2. The molecule has 1 aliphatic carbocycles. The van der Waals surface area contributed by atoms with Crippen LogP contribution in [0, 0.1) is 5.82 Å². The quantitative estimate of drug-likeness (QED) is 0.809. The van der Waals surface area contributed by atoms with Gasteiger partial charge in [-0.2, -0.15) is 5.10 Å². The summed E-state index contributed by atoms with van der Waals surface area (Å²) in [6, 6.07) is 6.57. The van der Waals surface area contributed by atoms with Gasteiger partial charge in [0, 0.05) is 50.5 Å². The predicted octanol–water partition coefficient (Wildman–Crippen LogP) is 1.56. The number of aromatic nitrogens is 2. The highest BCUT2D eigenvalue weighted by Crippen LogP contribution is 2.28. The fraction of sp³-hybridized carbons (Fsp3) is 0.474. The lowest BCUT2D eigenvalue weighted by Gasteiger charge is -2.27. The van der Waals surface area contributed by atoms with Crippen LogP contribution in [0.15, 0.2) is 24.3 Å². The maximum absolute atomic E-state index is 14.2. The number of hydrogen-bond acceptors (Lipinski definition) is 4. The number of nitrogens with zero attached hydrogens (tertiary/aromatic N) is 3. The second-order valence-corrected chi connectivity index (χ2v) is 6.84. The van der Waals surface area contributed by atoms with Crippen LogP contribution in [0.4, 0.5) is 4.39 Å². The number of fused-ring (bicyclic) bond motifs is 1. The van der Waals surface area contributed by atoms with Gasteiger partial charge in [0.1, 0.15) is 11.5 Å². The van der Waals surface area contributed by atoms with Crippen LogP contribution in [0.5, 0.6) is 0 Å². The van der Waals surface area contributed by atoms with Crippen molar-refractivity contribution in [1.29, 1.82) is 0 Å². The van der Waals surface area contributed by atoms with E-state index in [2.05, 4.69) is 20.6 Å². The summed E-state index contributed by atoms with van der Waals surface area (Å²) in [6.07, 6.45) is 2.62. The third kappa shape index (κ3) is 4.15. The summed E-state index contributed by atoms with van der Waals surface area (Å²) >= 11 is 0. The highest BCUT2D eigenvalue weighted by Gasteiger charge is 2.27. The van der Waals surface area contributed by atoms with Crippen molar-refractivity contribution in [3.05, 3.63) is 47.0 Å². The molecule has 2 N–H and O–H groups in total. The smallest absolute Gasteiger partial charge is 0.272 e. The molecule has 27 heavy (non-hydrogen) atoms. The molecule has 1 fully saturated rings. The summed E-state index contributed by atoms with van der Waals surface area (Å²) in [5.41, 5.74) is 2.78. The van der Waals surface area contributed by atoms with Crippen molar-refractivity contribution < 1.29 is 9.18 Å². The number of amides is 1. The molecule has 1 saturated heterocycles. The van der Waals surface area contributed by atoms with Crippen molar-refractivity contribution in [3.8, 4) is 5.69 Å². The summed E-state index contributed by atoms with van der Waals surface area (Å²) in [6.45, 7) is 5.44. The molecular formula is C19H25ClFN5O. The average Bonchev–Trinajstić information content (AvgIpc) is 3.26. The number of para-hydroxylation sites is 1. The van der Waals surface area contributed by atoms with E-state index in [0.29, 0.717) is 17.9 Å². The molecule has 2 aliphatic rings. The molecule has 1 amide bonds. The maximum atomic E-state index is 14.2. The number of rotatable bonds is 5. The van der Waals surface area contributed by atoms with Crippen molar-refractivity contribution in [1.82, 2.24) is 25.3 Å². The third-order valence-electron chi connectivity index (χ3n) is 5.15. The first kappa shape index (κ1) is 19.8. The molecule has 1 aromatic heterocycles. The lowest BCUT2D eigenvalue weighted by Crippen LogP contribution is -2.46. The van der Waals surface area contributed by atoms with Gasteiger partial charge < -0.3 is 10.6 Å². The van der Waals surface area contributed by atoms with Gasteiger partial charge >= 0.3 is 0 Å². The lowest BCUT2D eigenvalue weighted by atomic mass is 10.2. The molecule has 0 unspecified atom stereocenters. The Kier molecular flexibility index (Phi) is 6.46. The van der Waals surface area contributed by atoms with Crippen LogP contribution in [-0.4, -0.2) is 59.9 Å². The van der Waals surface area contributed by atoms with Gasteiger partial charge in [0.25, 0.3) is 5.91 Å². The Morgan fingerprint density at radius 1 is 1.22 bits per heavy atom. The molecule has 0 atom stereocenters. The van der Waals surface area contributed by atoms with Gasteiger partial charge in [-0.15, -0.1) is 12.4 Å². The van der Waals surface area contributed by atoms with Gasteiger partial charge in [0.15, 0.2) is 5.69 Å². The zero-order chi connectivity index (χ0) is 17.9. The molecule has 6 nitrogen and oxygen atoms in total. The molecule has 0 bridgehead atoms. The molecule has 2 heterocycles. The average molecular weight is 394 g/mol. The van der Waals surface area contributed by atoms with Gasteiger partial charge in [-0.3, -0.25) is 9.69 Å². The van der Waals surface area contributed by atoms with Gasteiger partial charge in [0.2, 0.25) is 0 Å². The number of benzene rings is 1. The van der Waals surface area contributed by atoms with Crippen LogP contribution < -0.4 is 10.6 Å². The highest BCUT2D eigenvalue weighted by atomic mass is 35.5. The normalized spacial score (nSPS) is 16.6. The van der Waals surface area contributed by atoms with E-state index in [1.807, 2.05) is 0 Å². The minimum Gasteiger partial charge on any atom is -0.349 e. The molecule has 0 saturated carbocycles. The van der Waals surface area contributed by atoms with Crippen molar-refractivity contribution in [2.75, 3.05) is 39.3 Å². The number of hydrogen-bond donors (Lipinski definition) is 2. The number of carbonyl (C=O) groups is 1. The topological polar surface area (TPSA) is 62.2 Å². The van der Waals surface area contributed by atoms with E-state index in [1.165, 1.54) is 6.07 Å². The highest BCUT2D eigenvalue weighted by molar-refractivity contribution is 5.94. The first-order chi connectivity index (χ1) is 12.7. The second kappa shape index (κ2) is 8.82. The van der Waals surface area contributed by atoms with E-state index in [9.17, 15) is 9.18 Å². The largest absolute Gasteiger partial charge is 0.349 e. The summed E-state index contributed by atoms with van der Waals surface area (Å²) < 4.78 is 15.8. The minimum absolute atomic E-state index is 0. The fourth-order valence-electron chi connectivity index (χ4n) is 3.79. The summed E-state index contributed by atoms with van der Waals surface area (Å²) in [5.74, 6) is -0.483. The van der Waals surface area contributed by atoms with Crippen LogP contribution >= 0.6 is 12.4 Å². The SMILES string of the molecule is Cl.O=C(NCCN1CCNCC1)c1nn(-c2ccccc2F)c2c1CCC2. The van der Waals surface area contributed by atoms with E-state index in [1.54, 1.807) is 22.9 Å². The number of piperazine rings is 1. The predicted molar refractivity (Wildman–Crippen MR) is 104 cm³/mol. The molecule has 0 spiro atoms. The Morgan fingerprint density at radius 3 is 2.78 bits per heavy atom. The Balaban J connectivity index is 0.00000210. The zero-order valence-corrected chi connectivity index (χ0v) is 16.0. The maximum Gasteiger partial charge on any atom is 0.272 e. The summed E-state index contributed by atoms with van der Waals surface area (Å²) in [5, 5.41) is 10.8. The van der Waals surface area contributed by atoms with Gasteiger partial charge in [-0.25, -0.2) is 9.07 Å². The molecule has 1 aromatic carbocycles. The first-order valence-electron chi connectivity index (χ1n) is 9.31. The van der Waals surface area contributed by atoms with Crippen LogP contribution in [0.1, 0.15) is 28.2 Å². The van der Waals surface area contributed by atoms with Crippen LogP contribution in [-0.2, 0) is 12.8 Å². The van der Waals surface area contributed by atoms with Crippen LogP contribution in [0.2, 0.25) is 0 Å². The first-order valence-corrected chi connectivity index (χ1v) is 9.31. The van der Waals surface area contributed by atoms with Gasteiger partial charge in [-0.05, 0) is 31.4 Å². The standard InChI is InChI=1S/C19H24FN5O.ClH/c20-15-5-1-2-6-17(15)25-16-7-3-4-14(16)18(23-25)19(26)22-10-13-24-11-8-21-9-12-24;/h1-2,5-6,21H,3-4,7-13H2,(H,22,26);1H. The summed E-state index contributed by atoms with van der Waals surface area (Å²) in [7, 11) is 0. The molecule has 2 aromatic rings. The van der Waals surface area contributed by atoms with E-state index < -0.39 is 0 Å². The Labute approximate surface area is 164 Å². The number of carbonyl (C=O) groups excluding carboxylic acids is 1. The molecule has 8 heteroatoms. The molecule has 0 radical (unpaired) electrons. The second-order valence-electron chi connectivity index (χ2n) is 6.84. The van der Waals surface area contributed by atoms with Crippen LogP contribution in [0.25, 0.3) is 5.69 Å². The Bertz CT molecular complexity index is 803. The number of nitrogens with one attached hydrogen (secondary N) is 2. The zero-order valence-electron chi connectivity index (χ0n) is 15.2.